The van der Waals surface area contributed by atoms with E-state index in [2.05, 4.69) is 10.6 Å². The van der Waals surface area contributed by atoms with Crippen LogP contribution in [-0.4, -0.2) is 40.5 Å². The number of anilines is 1. The number of hydrogen-bond donors (Lipinski definition) is 2. The maximum Gasteiger partial charge on any atom is 0.419 e. The zero-order valence-electron chi connectivity index (χ0n) is 16.5. The number of hydrogen-bond acceptors (Lipinski definition) is 4. The van der Waals surface area contributed by atoms with Crippen LogP contribution in [0.1, 0.15) is 19.3 Å². The summed E-state index contributed by atoms with van der Waals surface area (Å²) in [6.07, 6.45) is 1.59. The molecule has 1 aliphatic rings. The van der Waals surface area contributed by atoms with Gasteiger partial charge >= 0.3 is 11.8 Å². The summed E-state index contributed by atoms with van der Waals surface area (Å²) in [6.45, 7) is 1.42. The molecule has 4 rings (SSSR count). The summed E-state index contributed by atoms with van der Waals surface area (Å²) >= 11 is 0. The molecule has 2 N–H and O–H groups in total. The molecule has 1 aliphatic heterocycles. The molecule has 0 atom stereocenters. The standard InChI is InChI=1S/C22H24N4O4/c27-20(12-15-26-18-8-4-5-9-19(18)30-22(26)29)23-17-10-13-25(14-11-17)21(28)24-16-6-2-1-3-7-16/h1-9,17H,10-15H2,(H,23,27)(H,24,28). The van der Waals surface area contributed by atoms with Gasteiger partial charge in [-0.1, -0.05) is 30.3 Å². The summed E-state index contributed by atoms with van der Waals surface area (Å²) in [7, 11) is 0. The molecule has 2 aromatic carbocycles. The Hall–Kier alpha value is -3.55. The Balaban J connectivity index is 1.24. The first-order valence-electron chi connectivity index (χ1n) is 10.1. The van der Waals surface area contributed by atoms with Crippen molar-refractivity contribution >= 4 is 28.7 Å². The number of piperidine rings is 1. The van der Waals surface area contributed by atoms with Crippen LogP contribution in [0.2, 0.25) is 0 Å². The predicted octanol–water partition coefficient (Wildman–Crippen LogP) is 2.80. The highest BCUT2D eigenvalue weighted by atomic mass is 16.4. The third-order valence-corrected chi connectivity index (χ3v) is 5.31. The van der Waals surface area contributed by atoms with Gasteiger partial charge in [0.15, 0.2) is 5.58 Å². The fourth-order valence-corrected chi connectivity index (χ4v) is 3.69. The first-order valence-corrected chi connectivity index (χ1v) is 10.1. The summed E-state index contributed by atoms with van der Waals surface area (Å²) in [5.41, 5.74) is 1.97. The molecule has 3 aromatic rings. The lowest BCUT2D eigenvalue weighted by Crippen LogP contribution is -2.47. The van der Waals surface area contributed by atoms with Gasteiger partial charge in [-0.3, -0.25) is 9.36 Å². The molecular weight excluding hydrogens is 384 g/mol. The smallest absolute Gasteiger partial charge is 0.408 e. The van der Waals surface area contributed by atoms with Crippen molar-refractivity contribution in [1.82, 2.24) is 14.8 Å². The van der Waals surface area contributed by atoms with Gasteiger partial charge in [0.05, 0.1) is 5.52 Å². The summed E-state index contributed by atoms with van der Waals surface area (Å²) in [5.74, 6) is -0.568. The van der Waals surface area contributed by atoms with E-state index in [1.807, 2.05) is 36.4 Å². The number of aryl methyl sites for hydroxylation is 1. The third-order valence-electron chi connectivity index (χ3n) is 5.31. The highest BCUT2D eigenvalue weighted by Gasteiger charge is 2.24. The van der Waals surface area contributed by atoms with Gasteiger partial charge in [0.25, 0.3) is 0 Å². The topological polar surface area (TPSA) is 96.6 Å². The maximum atomic E-state index is 12.4. The average Bonchev–Trinajstić information content (AvgIpc) is 3.08. The lowest BCUT2D eigenvalue weighted by atomic mass is 10.1. The van der Waals surface area contributed by atoms with Crippen LogP contribution in [-0.2, 0) is 11.3 Å². The molecule has 156 valence electrons. The van der Waals surface area contributed by atoms with E-state index in [-0.39, 0.29) is 30.9 Å². The number of fused-ring (bicyclic) bond motifs is 1. The van der Waals surface area contributed by atoms with Gasteiger partial charge in [-0.15, -0.1) is 0 Å². The second-order valence-electron chi connectivity index (χ2n) is 7.36. The fourth-order valence-electron chi connectivity index (χ4n) is 3.69. The Morgan fingerprint density at radius 3 is 2.47 bits per heavy atom. The van der Waals surface area contributed by atoms with Crippen LogP contribution in [0.4, 0.5) is 10.5 Å². The minimum absolute atomic E-state index is 0.0242. The predicted molar refractivity (Wildman–Crippen MR) is 113 cm³/mol. The number of para-hydroxylation sites is 3. The van der Waals surface area contributed by atoms with Crippen molar-refractivity contribution in [2.45, 2.75) is 31.8 Å². The molecule has 8 nitrogen and oxygen atoms in total. The number of likely N-dealkylation sites (tertiary alicyclic amines) is 1. The van der Waals surface area contributed by atoms with Gasteiger partial charge in [-0.2, -0.15) is 0 Å². The van der Waals surface area contributed by atoms with E-state index in [0.717, 1.165) is 5.69 Å². The SMILES string of the molecule is O=C(CCn1c(=O)oc2ccccc21)NC1CCN(C(=O)Nc2ccccc2)CC1. The minimum atomic E-state index is -0.457. The Morgan fingerprint density at radius 1 is 1.00 bits per heavy atom. The van der Waals surface area contributed by atoms with Gasteiger partial charge < -0.3 is 20.0 Å². The molecule has 30 heavy (non-hydrogen) atoms. The molecule has 1 aromatic heterocycles. The van der Waals surface area contributed by atoms with Crippen LogP contribution in [0.15, 0.2) is 63.8 Å². The fraction of sp³-hybridized carbons (Fsp3) is 0.318. The van der Waals surface area contributed by atoms with E-state index in [0.29, 0.717) is 37.0 Å². The molecule has 3 amide bonds. The highest BCUT2D eigenvalue weighted by molar-refractivity contribution is 5.89. The van der Waals surface area contributed by atoms with Crippen LogP contribution in [0.25, 0.3) is 11.1 Å². The molecule has 0 saturated carbocycles. The van der Waals surface area contributed by atoms with Gasteiger partial charge in [0.1, 0.15) is 0 Å². The Kier molecular flexibility index (Phi) is 5.83. The van der Waals surface area contributed by atoms with Crippen molar-refractivity contribution in [2.24, 2.45) is 0 Å². The van der Waals surface area contributed by atoms with Crippen molar-refractivity contribution in [1.29, 1.82) is 0 Å². The number of benzene rings is 2. The van der Waals surface area contributed by atoms with Gasteiger partial charge in [-0.05, 0) is 37.1 Å². The van der Waals surface area contributed by atoms with Crippen molar-refractivity contribution in [3.05, 3.63) is 65.1 Å². The number of carbonyl (C=O) groups is 2. The van der Waals surface area contributed by atoms with E-state index in [4.69, 9.17) is 4.42 Å². The highest BCUT2D eigenvalue weighted by Crippen LogP contribution is 2.14. The Bertz CT molecular complexity index is 1080. The summed E-state index contributed by atoms with van der Waals surface area (Å²) in [4.78, 5) is 38.5. The van der Waals surface area contributed by atoms with E-state index in [1.165, 1.54) is 4.57 Å². The molecule has 0 spiro atoms. The Labute approximate surface area is 173 Å². The largest absolute Gasteiger partial charge is 0.419 e. The lowest BCUT2D eigenvalue weighted by Gasteiger charge is -2.32. The van der Waals surface area contributed by atoms with Crippen LogP contribution >= 0.6 is 0 Å². The number of oxazole rings is 1. The molecule has 0 bridgehead atoms. The normalized spacial score (nSPS) is 14.6. The van der Waals surface area contributed by atoms with Crippen molar-refractivity contribution in [3.8, 4) is 0 Å². The van der Waals surface area contributed by atoms with E-state index in [1.54, 1.807) is 23.1 Å². The van der Waals surface area contributed by atoms with Crippen LogP contribution < -0.4 is 16.4 Å². The quantitative estimate of drug-likeness (QED) is 0.678. The van der Waals surface area contributed by atoms with Crippen LogP contribution in [0.3, 0.4) is 0 Å². The summed E-state index contributed by atoms with van der Waals surface area (Å²) in [6, 6.07) is 16.4. The third kappa shape index (κ3) is 4.53. The number of amides is 3. The van der Waals surface area contributed by atoms with Crippen LogP contribution in [0, 0.1) is 0 Å². The summed E-state index contributed by atoms with van der Waals surface area (Å²) < 4.78 is 6.67. The molecule has 8 heteroatoms. The first kappa shape index (κ1) is 19.8. The van der Waals surface area contributed by atoms with Gasteiger partial charge in [-0.25, -0.2) is 9.59 Å². The summed E-state index contributed by atoms with van der Waals surface area (Å²) in [5, 5.41) is 5.90. The van der Waals surface area contributed by atoms with E-state index >= 15 is 0 Å². The second kappa shape index (κ2) is 8.86. The number of urea groups is 1. The van der Waals surface area contributed by atoms with Crippen molar-refractivity contribution in [3.63, 3.8) is 0 Å². The number of aromatic nitrogens is 1. The second-order valence-corrected chi connectivity index (χ2v) is 7.36. The van der Waals surface area contributed by atoms with E-state index < -0.39 is 5.76 Å². The Morgan fingerprint density at radius 2 is 1.70 bits per heavy atom. The average molecular weight is 408 g/mol. The monoisotopic (exact) mass is 408 g/mol. The zero-order chi connectivity index (χ0) is 20.9. The molecule has 1 saturated heterocycles. The number of rotatable bonds is 5. The van der Waals surface area contributed by atoms with Crippen LogP contribution in [0.5, 0.6) is 0 Å². The number of nitrogens with one attached hydrogen (secondary N) is 2. The molecule has 1 fully saturated rings. The molecule has 2 heterocycles. The maximum absolute atomic E-state index is 12.4. The van der Waals surface area contributed by atoms with Gasteiger partial charge in [0.2, 0.25) is 5.91 Å². The van der Waals surface area contributed by atoms with Gasteiger partial charge in [0, 0.05) is 37.8 Å². The number of carbonyl (C=O) groups excluding carboxylic acids is 2. The molecule has 0 radical (unpaired) electrons. The minimum Gasteiger partial charge on any atom is -0.408 e. The first-order chi connectivity index (χ1) is 14.6. The molecular formula is C22H24N4O4. The van der Waals surface area contributed by atoms with Crippen molar-refractivity contribution in [2.75, 3.05) is 18.4 Å². The molecule has 0 aliphatic carbocycles. The lowest BCUT2D eigenvalue weighted by molar-refractivity contribution is -0.122. The number of nitrogens with zero attached hydrogens (tertiary/aromatic N) is 2. The molecule has 0 unspecified atom stereocenters. The zero-order valence-corrected chi connectivity index (χ0v) is 16.5. The van der Waals surface area contributed by atoms with Crippen molar-refractivity contribution < 1.29 is 14.0 Å². The van der Waals surface area contributed by atoms with E-state index in [9.17, 15) is 14.4 Å².